The highest BCUT2D eigenvalue weighted by Crippen LogP contribution is 1.91. The molecule has 2 amide bonds. The van der Waals surface area contributed by atoms with Crippen molar-refractivity contribution >= 4 is 12.2 Å². The molecule has 0 radical (unpaired) electrons. The Hall–Kier alpha value is -1.46. The van der Waals surface area contributed by atoms with Crippen LogP contribution in [-0.2, 0) is 9.47 Å². The molecule has 14 heavy (non-hydrogen) atoms. The first-order valence-corrected chi connectivity index (χ1v) is 4.46. The third-order valence-electron chi connectivity index (χ3n) is 1.07. The Morgan fingerprint density at radius 1 is 0.929 bits per heavy atom. The fourth-order valence-electron chi connectivity index (χ4n) is 0.518. The van der Waals surface area contributed by atoms with E-state index in [1.807, 2.05) is 13.8 Å². The van der Waals surface area contributed by atoms with E-state index in [1.54, 1.807) is 0 Å². The minimum Gasteiger partial charge on any atom is -0.447 e. The van der Waals surface area contributed by atoms with E-state index in [1.165, 1.54) is 0 Å². The number of hydrogen-bond acceptors (Lipinski definition) is 4. The van der Waals surface area contributed by atoms with Crippen LogP contribution in [0.1, 0.15) is 26.7 Å². The van der Waals surface area contributed by atoms with Crippen LogP contribution in [-0.4, -0.2) is 25.4 Å². The molecule has 0 aromatic rings. The van der Waals surface area contributed by atoms with Gasteiger partial charge in [-0.1, -0.05) is 24.1 Å². The molecule has 0 bridgehead atoms. The summed E-state index contributed by atoms with van der Waals surface area (Å²) in [5.41, 5.74) is 0. The minimum atomic E-state index is -0.875. The lowest BCUT2D eigenvalue weighted by Gasteiger charge is -1.96. The molecule has 0 saturated carbocycles. The third kappa shape index (κ3) is 7.20. The zero-order valence-electron chi connectivity index (χ0n) is 8.36. The SMILES string of the molecule is CCCOC(=O)N=NC(=O)OCCC. The molecule has 0 spiro atoms. The summed E-state index contributed by atoms with van der Waals surface area (Å²) >= 11 is 0. The van der Waals surface area contributed by atoms with Gasteiger partial charge in [0.05, 0.1) is 13.2 Å². The molecule has 0 heterocycles. The lowest BCUT2D eigenvalue weighted by atomic mass is 10.5. The molecule has 0 rings (SSSR count). The van der Waals surface area contributed by atoms with Gasteiger partial charge in [-0.05, 0) is 12.8 Å². The van der Waals surface area contributed by atoms with Gasteiger partial charge in [0.25, 0.3) is 0 Å². The Morgan fingerprint density at radius 2 is 1.29 bits per heavy atom. The predicted octanol–water partition coefficient (Wildman–Crippen LogP) is 2.53. The van der Waals surface area contributed by atoms with Gasteiger partial charge in [0.15, 0.2) is 0 Å². The Morgan fingerprint density at radius 3 is 1.57 bits per heavy atom. The molecule has 0 fully saturated rings. The van der Waals surface area contributed by atoms with E-state index in [0.29, 0.717) is 12.8 Å². The van der Waals surface area contributed by atoms with Gasteiger partial charge >= 0.3 is 12.2 Å². The average Bonchev–Trinajstić information content (AvgIpc) is 2.20. The van der Waals surface area contributed by atoms with Crippen molar-refractivity contribution in [2.45, 2.75) is 26.7 Å². The molecular formula is C8H14N2O4. The Labute approximate surface area is 82.3 Å². The predicted molar refractivity (Wildman–Crippen MR) is 48.1 cm³/mol. The number of azo groups is 1. The first-order valence-electron chi connectivity index (χ1n) is 4.46. The van der Waals surface area contributed by atoms with Crippen molar-refractivity contribution in [1.82, 2.24) is 0 Å². The van der Waals surface area contributed by atoms with Gasteiger partial charge in [0.1, 0.15) is 0 Å². The number of nitrogens with zero attached hydrogens (tertiary/aromatic N) is 2. The van der Waals surface area contributed by atoms with E-state index < -0.39 is 12.2 Å². The maximum Gasteiger partial charge on any atom is 0.452 e. The fourth-order valence-corrected chi connectivity index (χ4v) is 0.518. The fraction of sp³-hybridized carbons (Fsp3) is 0.750. The van der Waals surface area contributed by atoms with Crippen molar-refractivity contribution < 1.29 is 19.1 Å². The molecule has 6 nitrogen and oxygen atoms in total. The molecule has 0 aliphatic heterocycles. The monoisotopic (exact) mass is 202 g/mol. The normalized spacial score (nSPS) is 10.1. The van der Waals surface area contributed by atoms with Crippen LogP contribution < -0.4 is 0 Å². The van der Waals surface area contributed by atoms with E-state index in [4.69, 9.17) is 0 Å². The maximum atomic E-state index is 10.7. The molecule has 6 heteroatoms. The van der Waals surface area contributed by atoms with E-state index in [-0.39, 0.29) is 13.2 Å². The molecule has 0 aromatic carbocycles. The van der Waals surface area contributed by atoms with Crippen LogP contribution >= 0.6 is 0 Å². The van der Waals surface area contributed by atoms with Gasteiger partial charge < -0.3 is 9.47 Å². The van der Waals surface area contributed by atoms with E-state index in [9.17, 15) is 9.59 Å². The molecule has 0 aliphatic carbocycles. The largest absolute Gasteiger partial charge is 0.452 e. The van der Waals surface area contributed by atoms with Crippen molar-refractivity contribution in [1.29, 1.82) is 0 Å². The lowest BCUT2D eigenvalue weighted by Crippen LogP contribution is -2.02. The topological polar surface area (TPSA) is 77.3 Å². The number of carbonyl (C=O) groups is 2. The molecule has 0 saturated heterocycles. The summed E-state index contributed by atoms with van der Waals surface area (Å²) in [6.07, 6.45) is -0.358. The second kappa shape index (κ2) is 8.15. The zero-order chi connectivity index (χ0) is 10.8. The second-order valence-corrected chi connectivity index (χ2v) is 2.43. The quantitative estimate of drug-likeness (QED) is 0.656. The second-order valence-electron chi connectivity index (χ2n) is 2.43. The van der Waals surface area contributed by atoms with Crippen molar-refractivity contribution in [3.05, 3.63) is 0 Å². The first kappa shape index (κ1) is 12.5. The van der Waals surface area contributed by atoms with Gasteiger partial charge in [0.2, 0.25) is 0 Å². The average molecular weight is 202 g/mol. The Balaban J connectivity index is 3.68. The van der Waals surface area contributed by atoms with E-state index >= 15 is 0 Å². The van der Waals surface area contributed by atoms with Crippen molar-refractivity contribution in [3.8, 4) is 0 Å². The van der Waals surface area contributed by atoms with Gasteiger partial charge in [-0.3, -0.25) is 0 Å². The number of ether oxygens (including phenoxy) is 2. The lowest BCUT2D eigenvalue weighted by molar-refractivity contribution is 0.146. The van der Waals surface area contributed by atoms with Crippen LogP contribution in [0.5, 0.6) is 0 Å². The van der Waals surface area contributed by atoms with Crippen molar-refractivity contribution in [2.24, 2.45) is 10.2 Å². The number of hydrogen-bond donors (Lipinski definition) is 0. The minimum absolute atomic E-state index is 0.266. The maximum absolute atomic E-state index is 10.7. The molecule has 0 aromatic heterocycles. The van der Waals surface area contributed by atoms with Gasteiger partial charge in [-0.2, -0.15) is 0 Å². The van der Waals surface area contributed by atoms with Crippen LogP contribution in [0.25, 0.3) is 0 Å². The Kier molecular flexibility index (Phi) is 7.30. The van der Waals surface area contributed by atoms with Crippen LogP contribution in [0.15, 0.2) is 10.2 Å². The number of rotatable bonds is 4. The summed E-state index contributed by atoms with van der Waals surface area (Å²) in [6, 6.07) is 0. The zero-order valence-corrected chi connectivity index (χ0v) is 8.36. The number of carbonyl (C=O) groups excluding carboxylic acids is 2. The summed E-state index contributed by atoms with van der Waals surface area (Å²) in [5, 5.41) is 6.01. The highest BCUT2D eigenvalue weighted by molar-refractivity contribution is 5.73. The Bertz CT molecular complexity index is 193. The third-order valence-corrected chi connectivity index (χ3v) is 1.07. The van der Waals surface area contributed by atoms with Gasteiger partial charge in [0, 0.05) is 0 Å². The van der Waals surface area contributed by atoms with Crippen LogP contribution in [0.4, 0.5) is 9.59 Å². The highest BCUT2D eigenvalue weighted by atomic mass is 16.6. The molecule has 0 N–H and O–H groups in total. The summed E-state index contributed by atoms with van der Waals surface area (Å²) in [7, 11) is 0. The van der Waals surface area contributed by atoms with Crippen LogP contribution in [0, 0.1) is 0 Å². The summed E-state index contributed by atoms with van der Waals surface area (Å²) in [6.45, 7) is 4.23. The smallest absolute Gasteiger partial charge is 0.447 e. The van der Waals surface area contributed by atoms with Crippen molar-refractivity contribution in [3.63, 3.8) is 0 Å². The van der Waals surface area contributed by atoms with E-state index in [2.05, 4.69) is 19.7 Å². The van der Waals surface area contributed by atoms with Crippen molar-refractivity contribution in [2.75, 3.05) is 13.2 Å². The molecule has 0 unspecified atom stereocenters. The number of amides is 2. The molecule has 80 valence electrons. The summed E-state index contributed by atoms with van der Waals surface area (Å²) in [5.74, 6) is 0. The molecular weight excluding hydrogens is 188 g/mol. The van der Waals surface area contributed by atoms with Gasteiger partial charge in [-0.15, -0.1) is 0 Å². The standard InChI is InChI=1S/C8H14N2O4/c1-3-5-13-7(11)9-10-8(12)14-6-4-2/h3-6H2,1-2H3. The van der Waals surface area contributed by atoms with E-state index in [0.717, 1.165) is 0 Å². The summed E-state index contributed by atoms with van der Waals surface area (Å²) in [4.78, 5) is 21.4. The highest BCUT2D eigenvalue weighted by Gasteiger charge is 2.02. The molecule has 0 aliphatic rings. The summed E-state index contributed by atoms with van der Waals surface area (Å²) < 4.78 is 9.08. The van der Waals surface area contributed by atoms with Gasteiger partial charge in [-0.25, -0.2) is 9.59 Å². The molecule has 0 atom stereocenters. The first-order chi connectivity index (χ1) is 6.70. The van der Waals surface area contributed by atoms with Crippen LogP contribution in [0.2, 0.25) is 0 Å². The van der Waals surface area contributed by atoms with Crippen LogP contribution in [0.3, 0.4) is 0 Å².